The monoisotopic (exact) mass is 1120 g/mol. The molecule has 80 heavy (non-hydrogen) atoms. The van der Waals surface area contributed by atoms with Crippen molar-refractivity contribution in [3.63, 3.8) is 0 Å². The van der Waals surface area contributed by atoms with Gasteiger partial charge < -0.3 is 24.2 Å². The minimum absolute atomic E-state index is 0.0105. The molecule has 3 unspecified atom stereocenters. The number of carbonyl (C=O) groups excluding carboxylic acids is 3. The number of rotatable bonds is 51. The molecule has 0 aromatic carbocycles. The SMILES string of the molecule is CC/C=C\C/C=C\C/C=C\C/C=C\C/C=C\C/C=C\CCC(=O)OCC(COP(=O)(O)OCC(CO)OC(=O)CCCC/C=C\C/C=C\C/C=C\C/C=C\CC)OC(=O)CC/C=C\C/C=C\C/C=C\C/C=C\C/C=C\C/C=C\CC. The van der Waals surface area contributed by atoms with E-state index in [4.69, 9.17) is 23.3 Å². The number of phosphoric ester groups is 1. The van der Waals surface area contributed by atoms with Crippen LogP contribution in [0.1, 0.15) is 175 Å². The van der Waals surface area contributed by atoms with Gasteiger partial charge in [-0.25, -0.2) is 4.57 Å². The van der Waals surface area contributed by atoms with Crippen molar-refractivity contribution in [2.45, 2.75) is 187 Å². The summed E-state index contributed by atoms with van der Waals surface area (Å²) in [5, 5.41) is 9.82. The lowest BCUT2D eigenvalue weighted by atomic mass is 10.2. The Bertz CT molecular complexity index is 2090. The standard InChI is InChI=1S/C68H101O11P/c1-4-7-10-13-16-19-22-25-28-30-32-34-37-39-42-45-48-51-54-57-66(70)75-61-65(79-68(72)59-56-53-50-47-44-41-38-35-33-31-29-26-23-20-17-14-11-8-5-2)63-77-80(73,74)76-62-64(60-69)78-67(71)58-55-52-49-46-43-40-36-27-24-21-18-15-12-9-6-3/h7-12,16-21,25-29,32-36,39,41-44,46,48,50-51,53,64-65,69H,4-6,13-15,22-24,30-31,37-38,40,45,47,49,52,54-63H2,1-3H3,(H,73,74)/b10-7-,11-8-,12-9-,19-16-,20-17-,21-18-,28-25-,29-26-,34-32-,35-33-,36-27-,42-39-,44-41-,46-43-,51-48-,53-50-. The van der Waals surface area contributed by atoms with E-state index < -0.39 is 64.4 Å². The van der Waals surface area contributed by atoms with Crippen LogP contribution < -0.4 is 0 Å². The maximum Gasteiger partial charge on any atom is 0.472 e. The topological polar surface area (TPSA) is 155 Å². The molecule has 0 rings (SSSR count). The lowest BCUT2D eigenvalue weighted by molar-refractivity contribution is -0.161. The Morgan fingerprint density at radius 1 is 0.350 bits per heavy atom. The molecule has 0 aliphatic heterocycles. The summed E-state index contributed by atoms with van der Waals surface area (Å²) in [5.41, 5.74) is 0. The first-order chi connectivity index (χ1) is 39.2. The summed E-state index contributed by atoms with van der Waals surface area (Å²) < 4.78 is 39.3. The summed E-state index contributed by atoms with van der Waals surface area (Å²) in [5.74, 6) is -1.74. The minimum Gasteiger partial charge on any atom is -0.462 e. The molecule has 0 saturated heterocycles. The van der Waals surface area contributed by atoms with Crippen molar-refractivity contribution in [1.82, 2.24) is 0 Å². The molecule has 0 saturated carbocycles. The van der Waals surface area contributed by atoms with Crippen molar-refractivity contribution in [3.05, 3.63) is 194 Å². The summed E-state index contributed by atoms with van der Waals surface area (Å²) in [4.78, 5) is 48.5. The number of unbranched alkanes of at least 4 members (excludes halogenated alkanes) is 2. The fourth-order valence-electron chi connectivity index (χ4n) is 6.69. The number of aliphatic hydroxyl groups is 1. The molecule has 2 N–H and O–H groups in total. The Morgan fingerprint density at radius 3 is 0.963 bits per heavy atom. The molecule has 11 nitrogen and oxygen atoms in total. The van der Waals surface area contributed by atoms with Gasteiger partial charge in [0.25, 0.3) is 0 Å². The van der Waals surface area contributed by atoms with Gasteiger partial charge in [0.1, 0.15) is 12.7 Å². The largest absolute Gasteiger partial charge is 0.472 e. The summed E-state index contributed by atoms with van der Waals surface area (Å²) in [6.45, 7) is 4.04. The van der Waals surface area contributed by atoms with Crippen LogP contribution in [0, 0.1) is 0 Å². The second kappa shape index (κ2) is 59.4. The van der Waals surface area contributed by atoms with Gasteiger partial charge in [-0.2, -0.15) is 0 Å². The number of aliphatic hydroxyl groups excluding tert-OH is 1. The predicted octanol–water partition coefficient (Wildman–Crippen LogP) is 17.8. The lowest BCUT2D eigenvalue weighted by Crippen LogP contribution is -2.30. The zero-order valence-corrected chi connectivity index (χ0v) is 49.8. The van der Waals surface area contributed by atoms with Gasteiger partial charge in [-0.1, -0.05) is 215 Å². The van der Waals surface area contributed by atoms with Crippen LogP contribution in [0.15, 0.2) is 194 Å². The smallest absolute Gasteiger partial charge is 0.462 e. The maximum absolute atomic E-state index is 12.9. The Kier molecular flexibility index (Phi) is 55.2. The number of esters is 3. The second-order valence-electron chi connectivity index (χ2n) is 18.3. The van der Waals surface area contributed by atoms with Gasteiger partial charge in [-0.15, -0.1) is 0 Å². The minimum atomic E-state index is -4.81. The lowest BCUT2D eigenvalue weighted by Gasteiger charge is -2.21. The first-order valence-electron chi connectivity index (χ1n) is 29.3. The summed E-state index contributed by atoms with van der Waals surface area (Å²) in [7, 11) is -4.81. The van der Waals surface area contributed by atoms with E-state index in [-0.39, 0.29) is 19.3 Å². The highest BCUT2D eigenvalue weighted by atomic mass is 31.2. The highest BCUT2D eigenvalue weighted by molar-refractivity contribution is 7.47. The number of allylic oxidation sites excluding steroid dienone is 32. The molecule has 444 valence electrons. The molecule has 0 aromatic heterocycles. The highest BCUT2D eigenvalue weighted by Gasteiger charge is 2.28. The van der Waals surface area contributed by atoms with Gasteiger partial charge in [-0.05, 0) is 135 Å². The summed E-state index contributed by atoms with van der Waals surface area (Å²) in [6.07, 6.45) is 82.8. The zero-order chi connectivity index (χ0) is 58.3. The average Bonchev–Trinajstić information content (AvgIpc) is 3.45. The fourth-order valence-corrected chi connectivity index (χ4v) is 7.47. The predicted molar refractivity (Wildman–Crippen MR) is 334 cm³/mol. The first-order valence-corrected chi connectivity index (χ1v) is 30.8. The molecule has 0 amide bonds. The quantitative estimate of drug-likeness (QED) is 0.0197. The van der Waals surface area contributed by atoms with E-state index in [0.29, 0.717) is 25.7 Å². The van der Waals surface area contributed by atoms with E-state index in [0.717, 1.165) is 109 Å². The Labute approximate surface area is 483 Å². The molecule has 3 atom stereocenters. The molecule has 0 aromatic rings. The molecular formula is C68H101O11P. The van der Waals surface area contributed by atoms with Crippen molar-refractivity contribution >= 4 is 25.7 Å². The van der Waals surface area contributed by atoms with E-state index >= 15 is 0 Å². The third kappa shape index (κ3) is 57.0. The van der Waals surface area contributed by atoms with Gasteiger partial charge in [0, 0.05) is 19.3 Å². The first kappa shape index (κ1) is 74.3. The van der Waals surface area contributed by atoms with Gasteiger partial charge >= 0.3 is 25.7 Å². The molecule has 0 aliphatic rings. The molecular weight excluding hydrogens is 1020 g/mol. The van der Waals surface area contributed by atoms with Crippen molar-refractivity contribution in [2.24, 2.45) is 0 Å². The normalized spacial score (nSPS) is 14.7. The highest BCUT2D eigenvalue weighted by Crippen LogP contribution is 2.43. The van der Waals surface area contributed by atoms with Crippen LogP contribution in [0.2, 0.25) is 0 Å². The van der Waals surface area contributed by atoms with E-state index in [9.17, 15) is 28.9 Å². The Balaban J connectivity index is 5.02. The molecule has 0 fully saturated rings. The van der Waals surface area contributed by atoms with Crippen LogP contribution in [0.3, 0.4) is 0 Å². The van der Waals surface area contributed by atoms with E-state index in [1.165, 1.54) is 0 Å². The van der Waals surface area contributed by atoms with Crippen molar-refractivity contribution in [3.8, 4) is 0 Å². The van der Waals surface area contributed by atoms with Crippen molar-refractivity contribution in [2.75, 3.05) is 26.4 Å². The molecule has 0 spiro atoms. The molecule has 12 heteroatoms. The van der Waals surface area contributed by atoms with Crippen LogP contribution in [0.5, 0.6) is 0 Å². The Morgan fingerprint density at radius 2 is 0.625 bits per heavy atom. The molecule has 0 radical (unpaired) electrons. The Hall–Kier alpha value is -5.68. The van der Waals surface area contributed by atoms with E-state index in [2.05, 4.69) is 191 Å². The van der Waals surface area contributed by atoms with Crippen molar-refractivity contribution < 1.29 is 52.2 Å². The van der Waals surface area contributed by atoms with Crippen molar-refractivity contribution in [1.29, 1.82) is 0 Å². The third-order valence-corrected chi connectivity index (χ3v) is 12.0. The summed E-state index contributed by atoms with van der Waals surface area (Å²) >= 11 is 0. The second-order valence-corrected chi connectivity index (χ2v) is 19.8. The molecule has 0 aliphatic carbocycles. The summed E-state index contributed by atoms with van der Waals surface area (Å²) in [6, 6.07) is 0. The number of hydrogen-bond donors (Lipinski definition) is 2. The number of hydrogen-bond acceptors (Lipinski definition) is 10. The fraction of sp³-hybridized carbons (Fsp3) is 0.485. The van der Waals surface area contributed by atoms with Gasteiger partial charge in [0.2, 0.25) is 0 Å². The zero-order valence-electron chi connectivity index (χ0n) is 48.9. The van der Waals surface area contributed by atoms with E-state index in [1.54, 1.807) is 0 Å². The van der Waals surface area contributed by atoms with Crippen LogP contribution in [-0.4, -0.2) is 66.5 Å². The molecule has 0 bridgehead atoms. The van der Waals surface area contributed by atoms with Gasteiger partial charge in [-0.3, -0.25) is 23.4 Å². The van der Waals surface area contributed by atoms with Crippen LogP contribution in [0.25, 0.3) is 0 Å². The van der Waals surface area contributed by atoms with Gasteiger partial charge in [0.05, 0.1) is 19.8 Å². The maximum atomic E-state index is 12.9. The molecule has 0 heterocycles. The number of ether oxygens (including phenoxy) is 3. The third-order valence-electron chi connectivity index (χ3n) is 11.0. The van der Waals surface area contributed by atoms with Gasteiger partial charge in [0.15, 0.2) is 6.10 Å². The van der Waals surface area contributed by atoms with Crippen LogP contribution in [0.4, 0.5) is 0 Å². The number of carbonyl (C=O) groups is 3. The van der Waals surface area contributed by atoms with E-state index in [1.807, 2.05) is 24.3 Å². The number of phosphoric acid groups is 1. The van der Waals surface area contributed by atoms with Crippen LogP contribution in [-0.2, 0) is 42.2 Å². The average molecular weight is 1130 g/mol. The van der Waals surface area contributed by atoms with Crippen LogP contribution >= 0.6 is 7.82 Å².